The molecule has 1 unspecified atom stereocenters. The van der Waals surface area contributed by atoms with Crippen LogP contribution in [0.25, 0.3) is 11.0 Å². The summed E-state index contributed by atoms with van der Waals surface area (Å²) in [5, 5.41) is 1.02. The molecule has 0 aliphatic carbocycles. The molecule has 1 atom stereocenters. The maximum atomic E-state index is 12.9. The lowest BCUT2D eigenvalue weighted by Crippen LogP contribution is -2.30. The number of benzene rings is 2. The van der Waals surface area contributed by atoms with Crippen LogP contribution in [0.2, 0.25) is 0 Å². The van der Waals surface area contributed by atoms with E-state index in [4.69, 9.17) is 18.6 Å². The molecule has 3 aromatic rings. The Morgan fingerprint density at radius 2 is 1.75 bits per heavy atom. The van der Waals surface area contributed by atoms with Gasteiger partial charge in [-0.2, -0.15) is 0 Å². The summed E-state index contributed by atoms with van der Waals surface area (Å²) in [4.78, 5) is 14.6. The van der Waals surface area contributed by atoms with E-state index < -0.39 is 0 Å². The lowest BCUT2D eigenvalue weighted by molar-refractivity contribution is -0.131. The molecule has 0 N–H and O–H groups in total. The molecule has 0 spiro atoms. The number of hydrogen-bond donors (Lipinski definition) is 0. The molecule has 2 aromatic carbocycles. The number of carbonyl (C=O) groups excluding carboxylic acids is 1. The number of carbonyl (C=O) groups is 1. The largest absolute Gasteiger partial charge is 0.493 e. The zero-order valence-corrected chi connectivity index (χ0v) is 16.8. The SMILES string of the molecule is COc1ccc(CC(=O)N(C)C(C)c2cc3ccccc3o2)c(OC)c1OC. The van der Waals surface area contributed by atoms with Gasteiger partial charge < -0.3 is 23.5 Å². The van der Waals surface area contributed by atoms with Gasteiger partial charge in [0.15, 0.2) is 11.5 Å². The molecule has 0 fully saturated rings. The summed E-state index contributed by atoms with van der Waals surface area (Å²) < 4.78 is 22.1. The van der Waals surface area contributed by atoms with E-state index in [1.807, 2.05) is 43.3 Å². The molecule has 0 saturated carbocycles. The van der Waals surface area contributed by atoms with Gasteiger partial charge in [0.05, 0.1) is 33.8 Å². The summed E-state index contributed by atoms with van der Waals surface area (Å²) in [5.41, 5.74) is 1.54. The second-order valence-electron chi connectivity index (χ2n) is 6.54. The minimum Gasteiger partial charge on any atom is -0.493 e. The van der Waals surface area contributed by atoms with E-state index >= 15 is 0 Å². The third-order valence-corrected chi connectivity index (χ3v) is 4.96. The van der Waals surface area contributed by atoms with Gasteiger partial charge in [0.25, 0.3) is 0 Å². The van der Waals surface area contributed by atoms with E-state index in [1.165, 1.54) is 0 Å². The molecule has 0 aliphatic heterocycles. The van der Waals surface area contributed by atoms with Gasteiger partial charge in [-0.05, 0) is 25.1 Å². The summed E-state index contributed by atoms with van der Waals surface area (Å²) in [7, 11) is 6.42. The zero-order chi connectivity index (χ0) is 20.3. The van der Waals surface area contributed by atoms with E-state index in [-0.39, 0.29) is 18.4 Å². The van der Waals surface area contributed by atoms with Crippen LogP contribution in [0.1, 0.15) is 24.3 Å². The smallest absolute Gasteiger partial charge is 0.227 e. The highest BCUT2D eigenvalue weighted by Crippen LogP contribution is 2.40. The number of amides is 1. The van der Waals surface area contributed by atoms with Crippen molar-refractivity contribution in [1.29, 1.82) is 0 Å². The van der Waals surface area contributed by atoms with Gasteiger partial charge in [0.1, 0.15) is 11.3 Å². The van der Waals surface area contributed by atoms with Gasteiger partial charge in [-0.1, -0.05) is 24.3 Å². The predicted molar refractivity (Wildman–Crippen MR) is 107 cm³/mol. The third-order valence-electron chi connectivity index (χ3n) is 4.96. The minimum absolute atomic E-state index is 0.0570. The van der Waals surface area contributed by atoms with Crippen molar-refractivity contribution in [3.63, 3.8) is 0 Å². The Bertz CT molecular complexity index is 945. The molecule has 0 aliphatic rings. The number of ether oxygens (including phenoxy) is 3. The number of likely N-dealkylation sites (N-methyl/N-ethyl adjacent to an activating group) is 1. The quantitative estimate of drug-likeness (QED) is 0.611. The van der Waals surface area contributed by atoms with Crippen molar-refractivity contribution in [2.45, 2.75) is 19.4 Å². The molecular weight excluding hydrogens is 358 g/mol. The van der Waals surface area contributed by atoms with Crippen molar-refractivity contribution < 1.29 is 23.4 Å². The van der Waals surface area contributed by atoms with Crippen LogP contribution < -0.4 is 14.2 Å². The molecule has 148 valence electrons. The van der Waals surface area contributed by atoms with Gasteiger partial charge in [0, 0.05) is 18.0 Å². The first-order valence-electron chi connectivity index (χ1n) is 9.02. The fourth-order valence-electron chi connectivity index (χ4n) is 3.21. The summed E-state index contributed by atoms with van der Waals surface area (Å²) in [5.74, 6) is 2.22. The Kier molecular flexibility index (Phi) is 5.78. The summed E-state index contributed by atoms with van der Waals surface area (Å²) in [6.45, 7) is 1.95. The average molecular weight is 383 g/mol. The van der Waals surface area contributed by atoms with Crippen LogP contribution in [0, 0.1) is 0 Å². The van der Waals surface area contributed by atoms with Crippen LogP contribution in [0.15, 0.2) is 46.9 Å². The van der Waals surface area contributed by atoms with Crippen molar-refractivity contribution in [2.75, 3.05) is 28.4 Å². The third kappa shape index (κ3) is 3.63. The molecule has 0 saturated heterocycles. The van der Waals surface area contributed by atoms with Gasteiger partial charge in [-0.15, -0.1) is 0 Å². The maximum absolute atomic E-state index is 12.9. The monoisotopic (exact) mass is 383 g/mol. The highest BCUT2D eigenvalue weighted by Gasteiger charge is 2.24. The van der Waals surface area contributed by atoms with Crippen molar-refractivity contribution in [3.05, 3.63) is 53.8 Å². The number of nitrogens with zero attached hydrogens (tertiary/aromatic N) is 1. The molecule has 1 amide bonds. The number of methoxy groups -OCH3 is 3. The van der Waals surface area contributed by atoms with Gasteiger partial charge in [-0.3, -0.25) is 4.79 Å². The lowest BCUT2D eigenvalue weighted by atomic mass is 10.1. The van der Waals surface area contributed by atoms with Gasteiger partial charge >= 0.3 is 0 Å². The zero-order valence-electron chi connectivity index (χ0n) is 16.8. The molecule has 28 heavy (non-hydrogen) atoms. The van der Waals surface area contributed by atoms with Crippen LogP contribution in [0.3, 0.4) is 0 Å². The first kappa shape index (κ1) is 19.6. The predicted octanol–water partition coefficient (Wildman–Crippen LogP) is 4.22. The number of para-hydroxylation sites is 1. The highest BCUT2D eigenvalue weighted by molar-refractivity contribution is 5.81. The number of fused-ring (bicyclic) bond motifs is 1. The van der Waals surface area contributed by atoms with Gasteiger partial charge in [-0.25, -0.2) is 0 Å². The summed E-state index contributed by atoms with van der Waals surface area (Å²) in [6, 6.07) is 13.2. The molecule has 1 heterocycles. The Hall–Kier alpha value is -3.15. The Morgan fingerprint density at radius 1 is 1.04 bits per heavy atom. The fraction of sp³-hybridized carbons (Fsp3) is 0.318. The van der Waals surface area contributed by atoms with Crippen LogP contribution in [-0.2, 0) is 11.2 Å². The van der Waals surface area contributed by atoms with E-state index in [0.717, 1.165) is 22.3 Å². The maximum Gasteiger partial charge on any atom is 0.227 e. The number of hydrogen-bond acceptors (Lipinski definition) is 5. The molecule has 6 nitrogen and oxygen atoms in total. The van der Waals surface area contributed by atoms with Crippen LogP contribution >= 0.6 is 0 Å². The van der Waals surface area contributed by atoms with Crippen molar-refractivity contribution in [1.82, 2.24) is 4.90 Å². The van der Waals surface area contributed by atoms with Gasteiger partial charge in [0.2, 0.25) is 11.7 Å². The van der Waals surface area contributed by atoms with Crippen molar-refractivity contribution in [3.8, 4) is 17.2 Å². The number of rotatable bonds is 7. The molecule has 3 rings (SSSR count). The minimum atomic E-state index is -0.203. The number of furan rings is 1. The topological polar surface area (TPSA) is 61.1 Å². The van der Waals surface area contributed by atoms with Crippen molar-refractivity contribution >= 4 is 16.9 Å². The lowest BCUT2D eigenvalue weighted by Gasteiger charge is -2.24. The van der Waals surface area contributed by atoms with Crippen LogP contribution in [0.5, 0.6) is 17.2 Å². The molecule has 1 aromatic heterocycles. The van der Waals surface area contributed by atoms with Crippen LogP contribution in [0.4, 0.5) is 0 Å². The Balaban J connectivity index is 1.82. The van der Waals surface area contributed by atoms with E-state index in [1.54, 1.807) is 39.3 Å². The standard InChI is InChI=1S/C22H25NO5/c1-14(19-12-15-8-6-7-9-17(15)28-19)23(2)20(24)13-16-10-11-18(25-3)22(27-5)21(16)26-4/h6-12,14H,13H2,1-5H3. The van der Waals surface area contributed by atoms with E-state index in [2.05, 4.69) is 0 Å². The molecule has 6 heteroatoms. The summed E-state index contributed by atoms with van der Waals surface area (Å²) in [6.07, 6.45) is 0.171. The normalized spacial score (nSPS) is 11.9. The molecule has 0 bridgehead atoms. The highest BCUT2D eigenvalue weighted by atomic mass is 16.5. The first-order chi connectivity index (χ1) is 13.5. The fourth-order valence-corrected chi connectivity index (χ4v) is 3.21. The second kappa shape index (κ2) is 8.25. The molecular formula is C22H25NO5. The van der Waals surface area contributed by atoms with E-state index in [9.17, 15) is 4.79 Å². The van der Waals surface area contributed by atoms with Crippen LogP contribution in [-0.4, -0.2) is 39.2 Å². The second-order valence-corrected chi connectivity index (χ2v) is 6.54. The van der Waals surface area contributed by atoms with E-state index in [0.29, 0.717) is 17.2 Å². The molecule has 0 radical (unpaired) electrons. The summed E-state index contributed by atoms with van der Waals surface area (Å²) >= 11 is 0. The van der Waals surface area contributed by atoms with Crippen molar-refractivity contribution in [2.24, 2.45) is 0 Å². The Morgan fingerprint density at radius 3 is 2.39 bits per heavy atom. The average Bonchev–Trinajstić information content (AvgIpc) is 3.16. The first-order valence-corrected chi connectivity index (χ1v) is 9.02. The Labute approximate surface area is 164 Å².